The standard InChI is InChI=1S/C15H24O2.C14H22O2/c1-5-13(2)15(11-16-3,12-17-4)14-9-7-6-8-10-14;1-12(2)14(10-15-3,11-16-4)13-8-6-5-7-9-13/h6-10,13H,5,11-12H2,1-4H3;5-9,12H,10-11H2,1-4H3. The largest absolute Gasteiger partial charge is 0.384 e. The molecule has 0 bridgehead atoms. The van der Waals surface area contributed by atoms with Gasteiger partial charge in [0.25, 0.3) is 0 Å². The van der Waals surface area contributed by atoms with Crippen molar-refractivity contribution in [2.75, 3.05) is 54.9 Å². The van der Waals surface area contributed by atoms with Crippen molar-refractivity contribution in [1.82, 2.24) is 0 Å². The molecule has 186 valence electrons. The van der Waals surface area contributed by atoms with Crippen LogP contribution in [0.25, 0.3) is 0 Å². The molecular formula is C29H46O4. The maximum absolute atomic E-state index is 5.46. The van der Waals surface area contributed by atoms with E-state index in [9.17, 15) is 0 Å². The third-order valence-electron chi connectivity index (χ3n) is 6.97. The molecule has 0 saturated carbocycles. The van der Waals surface area contributed by atoms with E-state index in [1.165, 1.54) is 11.1 Å². The van der Waals surface area contributed by atoms with Gasteiger partial charge in [0.2, 0.25) is 0 Å². The molecule has 1 atom stereocenters. The summed E-state index contributed by atoms with van der Waals surface area (Å²) in [6.07, 6.45) is 1.11. The molecule has 0 aliphatic carbocycles. The van der Waals surface area contributed by atoms with Gasteiger partial charge < -0.3 is 18.9 Å². The third kappa shape index (κ3) is 7.65. The Morgan fingerprint density at radius 1 is 0.576 bits per heavy atom. The Balaban J connectivity index is 0.000000331. The first-order chi connectivity index (χ1) is 15.9. The molecule has 4 heteroatoms. The molecule has 33 heavy (non-hydrogen) atoms. The van der Waals surface area contributed by atoms with Crippen molar-refractivity contribution in [3.63, 3.8) is 0 Å². The van der Waals surface area contributed by atoms with Crippen molar-refractivity contribution in [2.24, 2.45) is 11.8 Å². The van der Waals surface area contributed by atoms with E-state index in [0.29, 0.717) is 38.3 Å². The van der Waals surface area contributed by atoms with Gasteiger partial charge in [0, 0.05) is 39.3 Å². The number of benzene rings is 2. The Bertz CT molecular complexity index is 718. The highest BCUT2D eigenvalue weighted by molar-refractivity contribution is 5.28. The fraction of sp³-hybridized carbons (Fsp3) is 0.586. The lowest BCUT2D eigenvalue weighted by atomic mass is 9.71. The average molecular weight is 459 g/mol. The highest BCUT2D eigenvalue weighted by Gasteiger charge is 2.37. The van der Waals surface area contributed by atoms with Gasteiger partial charge >= 0.3 is 0 Å². The van der Waals surface area contributed by atoms with Crippen LogP contribution in [-0.4, -0.2) is 54.9 Å². The topological polar surface area (TPSA) is 36.9 Å². The predicted molar refractivity (Wildman–Crippen MR) is 138 cm³/mol. The van der Waals surface area contributed by atoms with E-state index in [-0.39, 0.29) is 10.8 Å². The zero-order valence-electron chi connectivity index (χ0n) is 22.1. The molecule has 2 aromatic carbocycles. The van der Waals surface area contributed by atoms with Gasteiger partial charge in [0.15, 0.2) is 0 Å². The van der Waals surface area contributed by atoms with Crippen molar-refractivity contribution in [3.8, 4) is 0 Å². The summed E-state index contributed by atoms with van der Waals surface area (Å²) in [6, 6.07) is 21.0. The summed E-state index contributed by atoms with van der Waals surface area (Å²) < 4.78 is 21.7. The van der Waals surface area contributed by atoms with Gasteiger partial charge in [-0.1, -0.05) is 94.8 Å². The van der Waals surface area contributed by atoms with Gasteiger partial charge in [-0.05, 0) is 23.0 Å². The van der Waals surface area contributed by atoms with Crippen molar-refractivity contribution < 1.29 is 18.9 Å². The first-order valence-electron chi connectivity index (χ1n) is 11.9. The van der Waals surface area contributed by atoms with Crippen LogP contribution in [0.3, 0.4) is 0 Å². The second-order valence-corrected chi connectivity index (χ2v) is 9.24. The minimum absolute atomic E-state index is 0.0422. The van der Waals surface area contributed by atoms with Crippen LogP contribution < -0.4 is 0 Å². The van der Waals surface area contributed by atoms with Gasteiger partial charge in [0.05, 0.1) is 26.4 Å². The first-order valence-corrected chi connectivity index (χ1v) is 11.9. The molecule has 0 saturated heterocycles. The molecule has 0 aliphatic heterocycles. The predicted octanol–water partition coefficient (Wildman–Crippen LogP) is 6.14. The number of hydrogen-bond donors (Lipinski definition) is 0. The van der Waals surface area contributed by atoms with Crippen LogP contribution in [0, 0.1) is 11.8 Å². The molecule has 0 fully saturated rings. The van der Waals surface area contributed by atoms with Crippen molar-refractivity contribution >= 4 is 0 Å². The summed E-state index contributed by atoms with van der Waals surface area (Å²) in [5.41, 5.74) is 2.50. The summed E-state index contributed by atoms with van der Waals surface area (Å²) >= 11 is 0. The zero-order chi connectivity index (χ0) is 24.7. The SMILES string of the molecule is CCC(C)C(COC)(COC)c1ccccc1.COCC(COC)(c1ccccc1)C(C)C. The summed E-state index contributed by atoms with van der Waals surface area (Å²) in [6.45, 7) is 11.7. The smallest absolute Gasteiger partial charge is 0.0583 e. The molecule has 0 aromatic heterocycles. The number of ether oxygens (including phenoxy) is 4. The van der Waals surface area contributed by atoms with Gasteiger partial charge in [0.1, 0.15) is 0 Å². The zero-order valence-corrected chi connectivity index (χ0v) is 22.1. The average Bonchev–Trinajstić information content (AvgIpc) is 2.84. The molecule has 4 nitrogen and oxygen atoms in total. The Morgan fingerprint density at radius 3 is 1.21 bits per heavy atom. The van der Waals surface area contributed by atoms with Crippen molar-refractivity contribution in [2.45, 2.75) is 44.9 Å². The minimum atomic E-state index is -0.0508. The van der Waals surface area contributed by atoms with E-state index in [4.69, 9.17) is 18.9 Å². The summed E-state index contributed by atoms with van der Waals surface area (Å²) in [5, 5.41) is 0. The third-order valence-corrected chi connectivity index (χ3v) is 6.97. The maximum atomic E-state index is 5.46. The molecule has 2 aromatic rings. The monoisotopic (exact) mass is 458 g/mol. The molecule has 0 radical (unpaired) electrons. The van der Waals surface area contributed by atoms with E-state index in [2.05, 4.69) is 76.2 Å². The Labute approximate surface area is 202 Å². The van der Waals surface area contributed by atoms with Crippen LogP contribution >= 0.6 is 0 Å². The van der Waals surface area contributed by atoms with Crippen LogP contribution in [0.1, 0.15) is 45.2 Å². The maximum Gasteiger partial charge on any atom is 0.0583 e. The van der Waals surface area contributed by atoms with Crippen LogP contribution in [0.5, 0.6) is 0 Å². The lowest BCUT2D eigenvalue weighted by molar-refractivity contribution is 0.0279. The van der Waals surface area contributed by atoms with E-state index in [1.54, 1.807) is 28.4 Å². The highest BCUT2D eigenvalue weighted by Crippen LogP contribution is 2.35. The van der Waals surface area contributed by atoms with E-state index in [1.807, 2.05) is 12.1 Å². The Kier molecular flexibility index (Phi) is 13.5. The normalized spacial score (nSPS) is 12.9. The molecule has 0 heterocycles. The number of rotatable bonds is 13. The van der Waals surface area contributed by atoms with E-state index < -0.39 is 0 Å². The minimum Gasteiger partial charge on any atom is -0.384 e. The van der Waals surface area contributed by atoms with Crippen LogP contribution in [0.15, 0.2) is 60.7 Å². The lowest BCUT2D eigenvalue weighted by Crippen LogP contribution is -2.42. The molecule has 0 N–H and O–H groups in total. The molecule has 0 aliphatic rings. The van der Waals surface area contributed by atoms with Gasteiger partial charge in [-0.25, -0.2) is 0 Å². The molecule has 0 amide bonds. The summed E-state index contributed by atoms with van der Waals surface area (Å²) in [7, 11) is 7.01. The molecule has 1 unspecified atom stereocenters. The number of hydrogen-bond acceptors (Lipinski definition) is 4. The summed E-state index contributed by atoms with van der Waals surface area (Å²) in [4.78, 5) is 0. The Morgan fingerprint density at radius 2 is 0.909 bits per heavy atom. The highest BCUT2D eigenvalue weighted by atomic mass is 16.5. The van der Waals surface area contributed by atoms with E-state index >= 15 is 0 Å². The molecule has 2 rings (SSSR count). The fourth-order valence-corrected chi connectivity index (χ4v) is 4.61. The molecular weight excluding hydrogens is 412 g/mol. The second kappa shape index (κ2) is 15.2. The van der Waals surface area contributed by atoms with Gasteiger partial charge in [-0.15, -0.1) is 0 Å². The van der Waals surface area contributed by atoms with Crippen molar-refractivity contribution in [3.05, 3.63) is 71.8 Å². The summed E-state index contributed by atoms with van der Waals surface area (Å²) in [5.74, 6) is 0.986. The van der Waals surface area contributed by atoms with Crippen LogP contribution in [-0.2, 0) is 29.8 Å². The quantitative estimate of drug-likeness (QED) is 0.361. The van der Waals surface area contributed by atoms with Crippen LogP contribution in [0.4, 0.5) is 0 Å². The van der Waals surface area contributed by atoms with Gasteiger partial charge in [-0.3, -0.25) is 0 Å². The lowest BCUT2D eigenvalue weighted by Gasteiger charge is -2.38. The molecule has 0 spiro atoms. The van der Waals surface area contributed by atoms with Gasteiger partial charge in [-0.2, -0.15) is 0 Å². The van der Waals surface area contributed by atoms with Crippen molar-refractivity contribution in [1.29, 1.82) is 0 Å². The number of methoxy groups -OCH3 is 4. The van der Waals surface area contributed by atoms with Crippen LogP contribution in [0.2, 0.25) is 0 Å². The van der Waals surface area contributed by atoms with E-state index in [0.717, 1.165) is 6.42 Å². The fourth-order valence-electron chi connectivity index (χ4n) is 4.61. The Hall–Kier alpha value is -1.72. The first kappa shape index (κ1) is 29.3. The second-order valence-electron chi connectivity index (χ2n) is 9.24.